The van der Waals surface area contributed by atoms with E-state index in [9.17, 15) is 0 Å². The molecule has 0 saturated heterocycles. The minimum atomic E-state index is 0.459. The second-order valence-corrected chi connectivity index (χ2v) is 6.13. The summed E-state index contributed by atoms with van der Waals surface area (Å²) in [7, 11) is 0. The maximum atomic E-state index is 6.03. The number of hydrazone groups is 1. The lowest BCUT2D eigenvalue weighted by Crippen LogP contribution is -2.25. The van der Waals surface area contributed by atoms with Crippen LogP contribution in [-0.4, -0.2) is 10.8 Å². The van der Waals surface area contributed by atoms with Crippen molar-refractivity contribution in [2.75, 3.05) is 5.32 Å². The molecule has 0 aromatic heterocycles. The molecular formula is C18H20ClN3S. The van der Waals surface area contributed by atoms with Crippen molar-refractivity contribution in [3.63, 3.8) is 0 Å². The molecular weight excluding hydrogens is 326 g/mol. The molecule has 23 heavy (non-hydrogen) atoms. The van der Waals surface area contributed by atoms with Crippen LogP contribution in [-0.2, 0) is 0 Å². The molecule has 2 aromatic rings. The third kappa shape index (κ3) is 5.05. The Balaban J connectivity index is 2.05. The van der Waals surface area contributed by atoms with E-state index in [1.165, 1.54) is 11.1 Å². The summed E-state index contributed by atoms with van der Waals surface area (Å²) < 4.78 is 0. The van der Waals surface area contributed by atoms with Crippen LogP contribution in [0.25, 0.3) is 0 Å². The van der Waals surface area contributed by atoms with Gasteiger partial charge in [0.2, 0.25) is 0 Å². The second kappa shape index (κ2) is 8.09. The quantitative estimate of drug-likeness (QED) is 0.462. The zero-order valence-electron chi connectivity index (χ0n) is 13.5. The molecule has 2 rings (SSSR count). The van der Waals surface area contributed by atoms with E-state index in [2.05, 4.69) is 41.8 Å². The topological polar surface area (TPSA) is 36.4 Å². The molecule has 0 fully saturated rings. The minimum absolute atomic E-state index is 0.459. The van der Waals surface area contributed by atoms with Gasteiger partial charge in [0.05, 0.1) is 5.71 Å². The normalized spacial score (nSPS) is 11.2. The fourth-order valence-corrected chi connectivity index (χ4v) is 2.47. The summed E-state index contributed by atoms with van der Waals surface area (Å²) >= 11 is 11.3. The summed E-state index contributed by atoms with van der Waals surface area (Å²) in [4.78, 5) is 0. The van der Waals surface area contributed by atoms with Crippen molar-refractivity contribution in [3.8, 4) is 0 Å². The third-order valence-electron chi connectivity index (χ3n) is 3.55. The molecule has 2 N–H and O–H groups in total. The van der Waals surface area contributed by atoms with Gasteiger partial charge in [-0.25, -0.2) is 0 Å². The molecule has 0 radical (unpaired) electrons. The van der Waals surface area contributed by atoms with Gasteiger partial charge in [0.1, 0.15) is 0 Å². The first-order valence-corrected chi connectivity index (χ1v) is 8.25. The number of anilines is 1. The maximum absolute atomic E-state index is 6.03. The molecule has 3 nitrogen and oxygen atoms in total. The molecule has 0 amide bonds. The molecule has 0 bridgehead atoms. The number of thiocarbonyl (C=S) groups is 1. The molecule has 0 aliphatic rings. The number of halogens is 1. The highest BCUT2D eigenvalue weighted by atomic mass is 35.5. The highest BCUT2D eigenvalue weighted by Crippen LogP contribution is 2.14. The lowest BCUT2D eigenvalue weighted by atomic mass is 10.1. The van der Waals surface area contributed by atoms with Gasteiger partial charge in [-0.05, 0) is 73.4 Å². The van der Waals surface area contributed by atoms with Crippen LogP contribution >= 0.6 is 23.8 Å². The number of rotatable bonds is 4. The number of benzene rings is 2. The minimum Gasteiger partial charge on any atom is -0.331 e. The van der Waals surface area contributed by atoms with Gasteiger partial charge in [-0.1, -0.05) is 36.7 Å². The van der Waals surface area contributed by atoms with Crippen LogP contribution in [0.4, 0.5) is 5.69 Å². The Morgan fingerprint density at radius 3 is 2.57 bits per heavy atom. The smallest absolute Gasteiger partial charge is 0.191 e. The molecule has 0 aliphatic carbocycles. The molecule has 5 heteroatoms. The standard InChI is InChI=1S/C18H20ClN3S/c1-4-17(14-6-5-7-15(19)11-14)21-22-18(23)20-16-9-8-12(2)13(3)10-16/h5-11H,4H2,1-3H3,(H2,20,22,23)/b21-17-. The van der Waals surface area contributed by atoms with Crippen LogP contribution in [0.1, 0.15) is 30.0 Å². The lowest BCUT2D eigenvalue weighted by molar-refractivity contribution is 1.02. The molecule has 2 aromatic carbocycles. The molecule has 0 spiro atoms. The highest BCUT2D eigenvalue weighted by molar-refractivity contribution is 7.80. The third-order valence-corrected chi connectivity index (χ3v) is 3.98. The van der Waals surface area contributed by atoms with Crippen LogP contribution in [0.15, 0.2) is 47.6 Å². The highest BCUT2D eigenvalue weighted by Gasteiger charge is 2.03. The Hall–Kier alpha value is -1.91. The van der Waals surface area contributed by atoms with Gasteiger partial charge in [0, 0.05) is 10.7 Å². The van der Waals surface area contributed by atoms with Crippen molar-refractivity contribution >= 4 is 40.3 Å². The van der Waals surface area contributed by atoms with Crippen molar-refractivity contribution in [2.45, 2.75) is 27.2 Å². The number of hydrogen-bond acceptors (Lipinski definition) is 2. The average molecular weight is 346 g/mol. The summed E-state index contributed by atoms with van der Waals surface area (Å²) in [5, 5.41) is 8.69. The van der Waals surface area contributed by atoms with Crippen LogP contribution in [0.2, 0.25) is 5.02 Å². The first-order valence-electron chi connectivity index (χ1n) is 7.46. The zero-order chi connectivity index (χ0) is 16.8. The van der Waals surface area contributed by atoms with E-state index >= 15 is 0 Å². The van der Waals surface area contributed by atoms with Gasteiger partial charge in [0.25, 0.3) is 0 Å². The number of nitrogens with zero attached hydrogens (tertiary/aromatic N) is 1. The van der Waals surface area contributed by atoms with Gasteiger partial charge < -0.3 is 5.32 Å². The number of nitrogens with one attached hydrogen (secondary N) is 2. The van der Waals surface area contributed by atoms with Crippen molar-refractivity contribution in [2.24, 2.45) is 5.10 Å². The summed E-state index contributed by atoms with van der Waals surface area (Å²) in [6, 6.07) is 13.8. The SMILES string of the molecule is CC/C(=N/NC(=S)Nc1ccc(C)c(C)c1)c1cccc(Cl)c1. The molecule has 0 heterocycles. The molecule has 0 unspecified atom stereocenters. The van der Waals surface area contributed by atoms with E-state index in [1.807, 2.05) is 37.3 Å². The number of hydrogen-bond donors (Lipinski definition) is 2. The van der Waals surface area contributed by atoms with Gasteiger partial charge >= 0.3 is 0 Å². The predicted molar refractivity (Wildman–Crippen MR) is 104 cm³/mol. The fraction of sp³-hybridized carbons (Fsp3) is 0.222. The predicted octanol–water partition coefficient (Wildman–Crippen LogP) is 5.06. The van der Waals surface area contributed by atoms with E-state index in [0.717, 1.165) is 23.4 Å². The Morgan fingerprint density at radius 1 is 1.13 bits per heavy atom. The Morgan fingerprint density at radius 2 is 1.91 bits per heavy atom. The van der Waals surface area contributed by atoms with Crippen LogP contribution in [0.5, 0.6) is 0 Å². The summed E-state index contributed by atoms with van der Waals surface area (Å²) in [6.07, 6.45) is 0.777. The van der Waals surface area contributed by atoms with Crippen LogP contribution in [0.3, 0.4) is 0 Å². The average Bonchev–Trinajstić information content (AvgIpc) is 2.52. The van der Waals surface area contributed by atoms with E-state index in [4.69, 9.17) is 23.8 Å². The Bertz CT molecular complexity index is 741. The van der Waals surface area contributed by atoms with Crippen LogP contribution < -0.4 is 10.7 Å². The first-order chi connectivity index (χ1) is 11.0. The van der Waals surface area contributed by atoms with Crippen molar-refractivity contribution in [1.29, 1.82) is 0 Å². The van der Waals surface area contributed by atoms with Crippen molar-refractivity contribution < 1.29 is 0 Å². The summed E-state index contributed by atoms with van der Waals surface area (Å²) in [6.45, 7) is 6.20. The second-order valence-electron chi connectivity index (χ2n) is 5.29. The van der Waals surface area contributed by atoms with Gasteiger partial charge in [-0.3, -0.25) is 5.43 Å². The zero-order valence-corrected chi connectivity index (χ0v) is 15.1. The maximum Gasteiger partial charge on any atom is 0.191 e. The lowest BCUT2D eigenvalue weighted by Gasteiger charge is -2.10. The van der Waals surface area contributed by atoms with E-state index in [0.29, 0.717) is 10.1 Å². The Labute approximate surface area is 147 Å². The summed E-state index contributed by atoms with van der Waals surface area (Å²) in [5.74, 6) is 0. The van der Waals surface area contributed by atoms with Crippen molar-refractivity contribution in [3.05, 3.63) is 64.2 Å². The largest absolute Gasteiger partial charge is 0.331 e. The molecule has 0 aliphatic heterocycles. The molecule has 0 saturated carbocycles. The number of aryl methyl sites for hydroxylation is 2. The van der Waals surface area contributed by atoms with Crippen LogP contribution in [0, 0.1) is 13.8 Å². The van der Waals surface area contributed by atoms with Gasteiger partial charge in [-0.15, -0.1) is 0 Å². The van der Waals surface area contributed by atoms with Gasteiger partial charge in [-0.2, -0.15) is 5.10 Å². The first kappa shape index (κ1) is 17.4. The van der Waals surface area contributed by atoms with E-state index in [1.54, 1.807) is 0 Å². The van der Waals surface area contributed by atoms with E-state index in [-0.39, 0.29) is 0 Å². The van der Waals surface area contributed by atoms with Gasteiger partial charge in [0.15, 0.2) is 5.11 Å². The van der Waals surface area contributed by atoms with Crippen molar-refractivity contribution in [1.82, 2.24) is 5.43 Å². The Kier molecular flexibility index (Phi) is 6.13. The van der Waals surface area contributed by atoms with E-state index < -0.39 is 0 Å². The molecule has 120 valence electrons. The fourth-order valence-electron chi connectivity index (χ4n) is 2.11. The monoisotopic (exact) mass is 345 g/mol. The summed E-state index contributed by atoms with van der Waals surface area (Å²) in [5.41, 5.74) is 8.20. The molecule has 0 atom stereocenters.